The summed E-state index contributed by atoms with van der Waals surface area (Å²) in [6, 6.07) is 8.76. The second-order valence-corrected chi connectivity index (χ2v) is 4.80. The van der Waals surface area contributed by atoms with Crippen molar-refractivity contribution in [1.29, 1.82) is 0 Å². The summed E-state index contributed by atoms with van der Waals surface area (Å²) in [7, 11) is 0. The number of nitrogens with one attached hydrogen (secondary N) is 1. The first kappa shape index (κ1) is 11.3. The Morgan fingerprint density at radius 1 is 1.33 bits per heavy atom. The molecule has 1 aliphatic heterocycles. The Balaban J connectivity index is 1.93. The van der Waals surface area contributed by atoms with Gasteiger partial charge in [0.25, 0.3) is 0 Å². The van der Waals surface area contributed by atoms with Crippen molar-refractivity contribution in [3.63, 3.8) is 0 Å². The molecule has 0 bridgehead atoms. The van der Waals surface area contributed by atoms with Crippen LogP contribution in [0.25, 0.3) is 0 Å². The minimum absolute atomic E-state index is 0.935. The predicted octanol–water partition coefficient (Wildman–Crippen LogP) is 2.85. The molecule has 18 heavy (non-hydrogen) atoms. The molecule has 2 heterocycles. The van der Waals surface area contributed by atoms with E-state index in [1.807, 2.05) is 6.20 Å². The molecule has 2 aromatic rings. The average molecular weight is 241 g/mol. The van der Waals surface area contributed by atoms with Gasteiger partial charge in [-0.25, -0.2) is 0 Å². The normalized spacial score (nSPS) is 14.1. The first-order chi connectivity index (χ1) is 8.88. The Morgan fingerprint density at radius 3 is 3.17 bits per heavy atom. The van der Waals surface area contributed by atoms with E-state index in [4.69, 9.17) is 0 Å². The van der Waals surface area contributed by atoms with Crippen LogP contribution in [0.1, 0.15) is 30.2 Å². The summed E-state index contributed by atoms with van der Waals surface area (Å²) in [6.45, 7) is 4.16. The number of para-hydroxylation sites is 1. The lowest BCUT2D eigenvalue weighted by Crippen LogP contribution is -2.14. The lowest BCUT2D eigenvalue weighted by Gasteiger charge is -2.21. The highest BCUT2D eigenvalue weighted by molar-refractivity contribution is 5.60. The Morgan fingerprint density at radius 2 is 2.28 bits per heavy atom. The molecule has 3 rings (SSSR count). The van der Waals surface area contributed by atoms with Gasteiger partial charge >= 0.3 is 0 Å². The molecule has 3 nitrogen and oxygen atoms in total. The van der Waals surface area contributed by atoms with Crippen molar-refractivity contribution in [2.75, 3.05) is 11.9 Å². The molecule has 0 saturated carbocycles. The summed E-state index contributed by atoms with van der Waals surface area (Å²) in [5.41, 5.74) is 5.49. The summed E-state index contributed by atoms with van der Waals surface area (Å²) >= 11 is 0. The van der Waals surface area contributed by atoms with E-state index in [-0.39, 0.29) is 0 Å². The molecule has 0 unspecified atom stereocenters. The topological polar surface area (TPSA) is 29.9 Å². The van der Waals surface area contributed by atoms with E-state index in [0.717, 1.165) is 19.5 Å². The van der Waals surface area contributed by atoms with Gasteiger partial charge in [-0.1, -0.05) is 18.2 Å². The van der Waals surface area contributed by atoms with Crippen LogP contribution < -0.4 is 5.32 Å². The number of fused-ring (bicyclic) bond motifs is 1. The smallest absolute Gasteiger partial charge is 0.0492 e. The van der Waals surface area contributed by atoms with Crippen molar-refractivity contribution in [3.8, 4) is 0 Å². The van der Waals surface area contributed by atoms with Gasteiger partial charge in [-0.2, -0.15) is 5.10 Å². The summed E-state index contributed by atoms with van der Waals surface area (Å²) in [5.74, 6) is 0. The van der Waals surface area contributed by atoms with E-state index in [1.54, 1.807) is 0 Å². The van der Waals surface area contributed by atoms with Gasteiger partial charge in [-0.3, -0.25) is 4.68 Å². The second kappa shape index (κ2) is 4.84. The number of anilines is 1. The molecule has 1 aromatic heterocycles. The van der Waals surface area contributed by atoms with Crippen molar-refractivity contribution in [2.45, 2.75) is 32.7 Å². The molecule has 0 amide bonds. The number of hydrogen-bond donors (Lipinski definition) is 1. The van der Waals surface area contributed by atoms with Crippen LogP contribution in [-0.2, 0) is 19.4 Å². The number of rotatable bonds is 3. The van der Waals surface area contributed by atoms with E-state index in [1.165, 1.54) is 35.3 Å². The molecule has 0 saturated heterocycles. The first-order valence-electron chi connectivity index (χ1n) is 6.74. The van der Waals surface area contributed by atoms with Crippen molar-refractivity contribution < 1.29 is 0 Å². The second-order valence-electron chi connectivity index (χ2n) is 4.80. The summed E-state index contributed by atoms with van der Waals surface area (Å²) in [4.78, 5) is 0. The van der Waals surface area contributed by atoms with Crippen LogP contribution in [-0.4, -0.2) is 16.3 Å². The zero-order valence-corrected chi connectivity index (χ0v) is 10.8. The molecule has 1 aliphatic rings. The van der Waals surface area contributed by atoms with Crippen molar-refractivity contribution in [3.05, 3.63) is 47.3 Å². The minimum atomic E-state index is 0.935. The minimum Gasteiger partial charge on any atom is -0.385 e. The number of benzene rings is 1. The van der Waals surface area contributed by atoms with E-state index in [2.05, 4.69) is 46.3 Å². The van der Waals surface area contributed by atoms with Crippen LogP contribution in [0.5, 0.6) is 0 Å². The van der Waals surface area contributed by atoms with E-state index < -0.39 is 0 Å². The fourth-order valence-electron chi connectivity index (χ4n) is 2.72. The number of nitrogens with zero attached hydrogens (tertiary/aromatic N) is 2. The fourth-order valence-corrected chi connectivity index (χ4v) is 2.72. The van der Waals surface area contributed by atoms with Crippen LogP contribution in [0.2, 0.25) is 0 Å². The molecular formula is C15H19N3. The molecule has 3 heteroatoms. The maximum Gasteiger partial charge on any atom is 0.0492 e. The molecule has 0 radical (unpaired) electrons. The Labute approximate surface area is 108 Å². The van der Waals surface area contributed by atoms with Crippen LogP contribution >= 0.6 is 0 Å². The summed E-state index contributed by atoms with van der Waals surface area (Å²) < 4.78 is 2.07. The molecule has 0 atom stereocenters. The number of aryl methyl sites for hydroxylation is 2. The lowest BCUT2D eigenvalue weighted by atomic mass is 9.97. The van der Waals surface area contributed by atoms with Gasteiger partial charge in [-0.05, 0) is 37.0 Å². The van der Waals surface area contributed by atoms with Gasteiger partial charge in [0.1, 0.15) is 0 Å². The summed E-state index contributed by atoms with van der Waals surface area (Å²) in [6.07, 6.45) is 5.29. The van der Waals surface area contributed by atoms with Crippen LogP contribution in [0.3, 0.4) is 0 Å². The first-order valence-corrected chi connectivity index (χ1v) is 6.74. The number of aromatic nitrogens is 2. The zero-order valence-electron chi connectivity index (χ0n) is 10.8. The average Bonchev–Trinajstić information content (AvgIpc) is 2.86. The van der Waals surface area contributed by atoms with Gasteiger partial charge in [-0.15, -0.1) is 0 Å². The van der Waals surface area contributed by atoms with Crippen molar-refractivity contribution >= 4 is 5.69 Å². The monoisotopic (exact) mass is 241 g/mol. The van der Waals surface area contributed by atoms with E-state index in [0.29, 0.717) is 0 Å². The van der Waals surface area contributed by atoms with Gasteiger partial charge < -0.3 is 5.32 Å². The van der Waals surface area contributed by atoms with Crippen LogP contribution in [0.4, 0.5) is 5.69 Å². The predicted molar refractivity (Wildman–Crippen MR) is 74.0 cm³/mol. The van der Waals surface area contributed by atoms with Crippen LogP contribution in [0, 0.1) is 0 Å². The molecule has 0 fully saturated rings. The molecule has 0 spiro atoms. The maximum absolute atomic E-state index is 4.34. The van der Waals surface area contributed by atoms with E-state index >= 15 is 0 Å². The fraction of sp³-hybridized carbons (Fsp3) is 0.400. The molecule has 0 aliphatic carbocycles. The standard InChI is InChI=1S/C15H19N3/c1-2-18-14(8-10-17-18)11-13-6-3-5-12-7-4-9-16-15(12)13/h3,5-6,8,10,16H,2,4,7,9,11H2,1H3. The molecule has 1 N–H and O–H groups in total. The summed E-state index contributed by atoms with van der Waals surface area (Å²) in [5, 5.41) is 7.89. The third-order valence-electron chi connectivity index (χ3n) is 3.64. The van der Waals surface area contributed by atoms with Crippen molar-refractivity contribution in [2.24, 2.45) is 0 Å². The number of hydrogen-bond acceptors (Lipinski definition) is 2. The third-order valence-corrected chi connectivity index (χ3v) is 3.64. The molecule has 1 aromatic carbocycles. The Hall–Kier alpha value is -1.77. The third kappa shape index (κ3) is 2.01. The highest BCUT2D eigenvalue weighted by Crippen LogP contribution is 2.27. The Bertz CT molecular complexity index is 542. The van der Waals surface area contributed by atoms with E-state index in [9.17, 15) is 0 Å². The SMILES string of the molecule is CCn1nccc1Cc1cccc2c1NCCC2. The zero-order chi connectivity index (χ0) is 12.4. The maximum atomic E-state index is 4.34. The lowest BCUT2D eigenvalue weighted by molar-refractivity contribution is 0.630. The van der Waals surface area contributed by atoms with Gasteiger partial charge in [0.15, 0.2) is 0 Å². The van der Waals surface area contributed by atoms with Gasteiger partial charge in [0, 0.05) is 37.1 Å². The Kier molecular flexibility index (Phi) is 3.05. The highest BCUT2D eigenvalue weighted by atomic mass is 15.3. The molecular weight excluding hydrogens is 222 g/mol. The largest absolute Gasteiger partial charge is 0.385 e. The van der Waals surface area contributed by atoms with Crippen molar-refractivity contribution in [1.82, 2.24) is 9.78 Å². The highest BCUT2D eigenvalue weighted by Gasteiger charge is 2.13. The quantitative estimate of drug-likeness (QED) is 0.895. The molecule has 94 valence electrons. The van der Waals surface area contributed by atoms with Crippen LogP contribution in [0.15, 0.2) is 30.5 Å². The van der Waals surface area contributed by atoms with Gasteiger partial charge in [0.05, 0.1) is 0 Å². The van der Waals surface area contributed by atoms with Gasteiger partial charge in [0.2, 0.25) is 0 Å².